The van der Waals surface area contributed by atoms with Gasteiger partial charge < -0.3 is 0 Å². The standard InChI is InChI=1S/7Nd.3Ni. The minimum Gasteiger partial charge on any atom is 0 e. The third kappa shape index (κ3) is 50.9. The van der Waals surface area contributed by atoms with Gasteiger partial charge in [-0.1, -0.05) is 0 Å². The summed E-state index contributed by atoms with van der Waals surface area (Å²) in [7, 11) is 0. The monoisotopic (exact) mass is 1170 g/mol. The van der Waals surface area contributed by atoms with E-state index < -0.39 is 0 Å². The summed E-state index contributed by atoms with van der Waals surface area (Å²) in [6.07, 6.45) is 0. The van der Waals surface area contributed by atoms with Crippen molar-refractivity contribution in [3.05, 3.63) is 0 Å². The fourth-order valence-corrected chi connectivity index (χ4v) is 0. The first kappa shape index (κ1) is 69.6. The van der Waals surface area contributed by atoms with Crippen LogP contribution in [0.25, 0.3) is 0 Å². The second kappa shape index (κ2) is 59.8. The van der Waals surface area contributed by atoms with Gasteiger partial charge in [-0.25, -0.2) is 0 Å². The smallest absolute Gasteiger partial charge is 0 e. The maximum absolute atomic E-state index is 0. The van der Waals surface area contributed by atoms with Crippen LogP contribution in [-0.2, 0) is 49.5 Å². The van der Waals surface area contributed by atoms with Crippen LogP contribution in [0.2, 0.25) is 0 Å². The van der Waals surface area contributed by atoms with Gasteiger partial charge in [-0.15, -0.1) is 0 Å². The van der Waals surface area contributed by atoms with Crippen LogP contribution >= 0.6 is 0 Å². The Hall–Kier alpha value is 10.9. The van der Waals surface area contributed by atoms with Crippen LogP contribution < -0.4 is 0 Å². The van der Waals surface area contributed by atoms with Gasteiger partial charge >= 0.3 is 0 Å². The first-order chi connectivity index (χ1) is 0. The van der Waals surface area contributed by atoms with E-state index in [9.17, 15) is 0 Å². The summed E-state index contributed by atoms with van der Waals surface area (Å²) in [5, 5.41) is 0. The molecule has 0 aliphatic heterocycles. The Morgan fingerprint density at radius 1 is 0.200 bits per heavy atom. The molecule has 0 nitrogen and oxygen atoms in total. The summed E-state index contributed by atoms with van der Waals surface area (Å²) in [6, 6.07) is 0. The molecule has 0 bridgehead atoms. The molecule has 0 fully saturated rings. The Morgan fingerprint density at radius 2 is 0.200 bits per heavy atom. The van der Waals surface area contributed by atoms with E-state index in [0.717, 1.165) is 0 Å². The average molecular weight is 1190 g/mol. The van der Waals surface area contributed by atoms with Crippen molar-refractivity contribution in [2.75, 3.05) is 0 Å². The minimum absolute atomic E-state index is 0. The van der Waals surface area contributed by atoms with Gasteiger partial charge in [-0.3, -0.25) is 0 Å². The van der Waals surface area contributed by atoms with Crippen LogP contribution in [0.4, 0.5) is 0 Å². The molecule has 0 saturated heterocycles. The Kier molecular flexibility index (Phi) is 416. The summed E-state index contributed by atoms with van der Waals surface area (Å²) in [5.74, 6) is 0. The van der Waals surface area contributed by atoms with E-state index in [0.29, 0.717) is 0 Å². The van der Waals surface area contributed by atoms with Gasteiger partial charge in [-0.2, -0.15) is 0 Å². The third-order valence-electron chi connectivity index (χ3n) is 0. The summed E-state index contributed by atoms with van der Waals surface area (Å²) >= 11 is 0. The zero-order chi connectivity index (χ0) is 0. The fourth-order valence-electron chi connectivity index (χ4n) is 0. The molecule has 0 N–H and O–H groups in total. The van der Waals surface area contributed by atoms with Crippen LogP contribution in [0.15, 0.2) is 0 Å². The molecule has 0 rings (SSSR count). The Bertz CT molecular complexity index is 8.81. The molecule has 0 aromatic carbocycles. The van der Waals surface area contributed by atoms with E-state index in [1.165, 1.54) is 0 Å². The zero-order valence-electron chi connectivity index (χ0n) is 4.45. The zero-order valence-corrected chi connectivity index (χ0v) is 29.9. The molecule has 10 heavy (non-hydrogen) atoms. The number of hydrogen-bond donors (Lipinski definition) is 0. The van der Waals surface area contributed by atoms with Crippen molar-refractivity contribution in [2.45, 2.75) is 0 Å². The van der Waals surface area contributed by atoms with E-state index in [1.807, 2.05) is 0 Å². The maximum atomic E-state index is 0. The van der Waals surface area contributed by atoms with Crippen LogP contribution in [-0.4, -0.2) is 0 Å². The summed E-state index contributed by atoms with van der Waals surface area (Å²) < 4.78 is 0. The molecule has 0 atom stereocenters. The van der Waals surface area contributed by atoms with Crippen molar-refractivity contribution in [3.63, 3.8) is 0 Å². The maximum Gasteiger partial charge on any atom is 0 e. The second-order valence-electron chi connectivity index (χ2n) is 0. The van der Waals surface area contributed by atoms with Crippen molar-refractivity contribution in [1.82, 2.24) is 0 Å². The predicted molar refractivity (Wildman–Crippen MR) is 0 cm³/mol. The predicted octanol–water partition coefficient (Wildman–Crippen LogP) is -0.00750. The molecule has 0 aromatic rings. The summed E-state index contributed by atoms with van der Waals surface area (Å²) in [6.45, 7) is 0. The molecule has 0 heterocycles. The van der Waals surface area contributed by atoms with Crippen molar-refractivity contribution >= 4 is 0 Å². The quantitative estimate of drug-likeness (QED) is 0.300. The molecule has 0 aliphatic carbocycles. The molecule has 0 spiro atoms. The molecule has 10 heteroatoms. The molecule has 58 valence electrons. The van der Waals surface area contributed by atoms with E-state index >= 15 is 0 Å². The first-order valence-corrected chi connectivity index (χ1v) is 0. The molecule has 0 aromatic heterocycles. The largest absolute Gasteiger partial charge is 0 e. The van der Waals surface area contributed by atoms with Gasteiger partial charge in [0.25, 0.3) is 0 Å². The average Bonchev–Trinajstić information content (AvgIpc) is 0. The van der Waals surface area contributed by atoms with Gasteiger partial charge in [0.05, 0.1) is 0 Å². The van der Waals surface area contributed by atoms with Crippen molar-refractivity contribution < 1.29 is 335 Å². The molecular formula is Nd7Ni3. The molecule has 0 unspecified atom stereocenters. The van der Waals surface area contributed by atoms with Gasteiger partial charge in [0.1, 0.15) is 0 Å². The SMILES string of the molecule is [Nd].[Nd].[Nd].[Nd].[Nd].[Nd].[Nd].[Ni].[Ni].[Ni]. The molecular weight excluding hydrogens is 1190 g/mol. The van der Waals surface area contributed by atoms with Gasteiger partial charge in [0.2, 0.25) is 0 Å². The van der Waals surface area contributed by atoms with Crippen LogP contribution in [0.1, 0.15) is 0 Å². The van der Waals surface area contributed by atoms with E-state index in [1.54, 1.807) is 0 Å². The molecule has 0 saturated carbocycles. The van der Waals surface area contributed by atoms with Crippen molar-refractivity contribution in [1.29, 1.82) is 0 Å². The fraction of sp³-hybridized carbons (Fsp3) is 0. The summed E-state index contributed by atoms with van der Waals surface area (Å²) in [5.41, 5.74) is 0. The van der Waals surface area contributed by atoms with E-state index in [2.05, 4.69) is 0 Å². The van der Waals surface area contributed by atoms with Crippen LogP contribution in [0, 0.1) is 286 Å². The van der Waals surface area contributed by atoms with E-state index in [-0.39, 0.29) is 335 Å². The summed E-state index contributed by atoms with van der Waals surface area (Å²) in [4.78, 5) is 0. The van der Waals surface area contributed by atoms with Gasteiger partial charge in [-0.05, 0) is 0 Å². The van der Waals surface area contributed by atoms with Crippen molar-refractivity contribution in [2.24, 2.45) is 0 Å². The van der Waals surface area contributed by atoms with Gasteiger partial charge in [0, 0.05) is 335 Å². The van der Waals surface area contributed by atoms with Crippen LogP contribution in [0.3, 0.4) is 0 Å². The third-order valence-corrected chi connectivity index (χ3v) is 0. The Labute approximate surface area is 323 Å². The second-order valence-corrected chi connectivity index (χ2v) is 0. The Balaban J connectivity index is 0. The number of hydrogen-bond acceptors (Lipinski definition) is 0. The van der Waals surface area contributed by atoms with E-state index in [4.69, 9.17) is 0 Å². The normalized spacial score (nSPS) is 0. The van der Waals surface area contributed by atoms with Crippen molar-refractivity contribution in [3.8, 4) is 0 Å². The first-order valence-electron chi connectivity index (χ1n) is 0. The minimum atomic E-state index is 0. The van der Waals surface area contributed by atoms with Gasteiger partial charge in [0.15, 0.2) is 0 Å². The molecule has 0 aliphatic rings. The molecule has 0 amide bonds. The molecule has 0 radical (unpaired) electrons. The Morgan fingerprint density at radius 3 is 0.200 bits per heavy atom. The van der Waals surface area contributed by atoms with Crippen LogP contribution in [0.5, 0.6) is 0 Å². The topological polar surface area (TPSA) is 0 Å². The number of rotatable bonds is 0.